The summed E-state index contributed by atoms with van der Waals surface area (Å²) in [5, 5.41) is 2.36. The van der Waals surface area contributed by atoms with E-state index in [0.717, 1.165) is 38.3 Å². The summed E-state index contributed by atoms with van der Waals surface area (Å²) in [5.74, 6) is 1.62. The predicted octanol–water partition coefficient (Wildman–Crippen LogP) is 7.47. The molecule has 1 saturated heterocycles. The first-order valence-corrected chi connectivity index (χ1v) is 15.6. The Bertz CT molecular complexity index is 1590. The number of hydrogen-bond donors (Lipinski definition) is 1. The number of urea groups is 1. The Hall–Kier alpha value is -3.71. The summed E-state index contributed by atoms with van der Waals surface area (Å²) in [6, 6.07) is 20.6. The van der Waals surface area contributed by atoms with E-state index in [9.17, 15) is 14.4 Å². The highest BCUT2D eigenvalue weighted by Gasteiger charge is 2.51. The minimum atomic E-state index is -0.741. The van der Waals surface area contributed by atoms with Crippen LogP contribution in [0.1, 0.15) is 60.8 Å². The van der Waals surface area contributed by atoms with E-state index in [1.165, 1.54) is 50.2 Å². The van der Waals surface area contributed by atoms with Crippen molar-refractivity contribution in [3.05, 3.63) is 99.0 Å². The lowest BCUT2D eigenvalue weighted by atomic mass is 9.48. The van der Waals surface area contributed by atoms with Crippen LogP contribution in [0, 0.1) is 24.7 Å². The molecule has 4 saturated carbocycles. The maximum atomic E-state index is 13.7. The van der Waals surface area contributed by atoms with Gasteiger partial charge in [-0.25, -0.2) is 9.69 Å². The summed E-state index contributed by atoms with van der Waals surface area (Å²) in [6.07, 6.45) is 9.34. The van der Waals surface area contributed by atoms with Crippen LogP contribution >= 0.6 is 15.9 Å². The maximum Gasteiger partial charge on any atom is 0.335 e. The van der Waals surface area contributed by atoms with E-state index in [-0.39, 0.29) is 11.0 Å². The van der Waals surface area contributed by atoms with E-state index in [4.69, 9.17) is 4.74 Å². The van der Waals surface area contributed by atoms with Gasteiger partial charge in [-0.15, -0.1) is 0 Å². The Morgan fingerprint density at radius 2 is 1.62 bits per heavy atom. The van der Waals surface area contributed by atoms with Gasteiger partial charge in [0.25, 0.3) is 11.8 Å². The molecule has 6 nitrogen and oxygen atoms in total. The normalized spacial score (nSPS) is 27.5. The van der Waals surface area contributed by atoms with Gasteiger partial charge in [0.1, 0.15) is 17.9 Å². The molecule has 0 radical (unpaired) electrons. The first kappa shape index (κ1) is 27.1. The number of rotatable bonds is 6. The summed E-state index contributed by atoms with van der Waals surface area (Å²) in [4.78, 5) is 40.6. The predicted molar refractivity (Wildman–Crippen MR) is 165 cm³/mol. The highest BCUT2D eigenvalue weighted by Crippen LogP contribution is 2.60. The van der Waals surface area contributed by atoms with Gasteiger partial charge in [-0.2, -0.15) is 0 Å². The summed E-state index contributed by atoms with van der Waals surface area (Å²) < 4.78 is 6.87. The van der Waals surface area contributed by atoms with Crippen molar-refractivity contribution in [2.75, 3.05) is 4.90 Å². The van der Waals surface area contributed by atoms with E-state index >= 15 is 0 Å². The number of amides is 4. The Morgan fingerprint density at radius 1 is 0.929 bits per heavy atom. The molecule has 3 aromatic carbocycles. The molecular weight excluding hydrogens is 592 g/mol. The zero-order valence-electron chi connectivity index (χ0n) is 23.6. The lowest BCUT2D eigenvalue weighted by molar-refractivity contribution is -0.122. The van der Waals surface area contributed by atoms with Crippen LogP contribution in [0.2, 0.25) is 0 Å². The minimum absolute atomic E-state index is 0.127. The molecule has 1 aliphatic heterocycles. The first-order chi connectivity index (χ1) is 20.3. The van der Waals surface area contributed by atoms with Crippen LogP contribution in [-0.2, 0) is 21.6 Å². The van der Waals surface area contributed by atoms with Crippen molar-refractivity contribution < 1.29 is 19.1 Å². The summed E-state index contributed by atoms with van der Waals surface area (Å²) in [6.45, 7) is 2.36. The fourth-order valence-electron chi connectivity index (χ4n) is 8.20. The number of hydrogen-bond acceptors (Lipinski definition) is 4. The van der Waals surface area contributed by atoms with Crippen LogP contribution < -0.4 is 15.0 Å². The molecule has 42 heavy (non-hydrogen) atoms. The van der Waals surface area contributed by atoms with Crippen LogP contribution in [0.4, 0.5) is 10.5 Å². The van der Waals surface area contributed by atoms with Crippen molar-refractivity contribution in [1.82, 2.24) is 5.32 Å². The van der Waals surface area contributed by atoms with Gasteiger partial charge in [-0.3, -0.25) is 14.9 Å². The molecule has 1 N–H and O–H groups in total. The molecule has 5 fully saturated rings. The molecule has 7 heteroatoms. The largest absolute Gasteiger partial charge is 0.488 e. The average Bonchev–Trinajstić information content (AvgIpc) is 2.94. The minimum Gasteiger partial charge on any atom is -0.488 e. The van der Waals surface area contributed by atoms with Crippen LogP contribution in [0.15, 0.2) is 76.8 Å². The number of nitrogens with zero attached hydrogens (tertiary/aromatic N) is 1. The lowest BCUT2D eigenvalue weighted by Crippen LogP contribution is -2.54. The van der Waals surface area contributed by atoms with Crippen LogP contribution in [0.3, 0.4) is 0 Å². The standard InChI is InChI=1S/C35H33BrN2O4/c1-21-3-2-4-22(11-21)20-42-31-10-7-28(36)15-26(31)16-30-32(39)37-34(41)38(33(30)40)29-8-5-27(6-9-29)35-17-23-12-24(18-35)14-25(13-23)19-35/h2-11,15-16,23-25H,12-14,17-20H2,1H3,(H,37,39,41)/b30-16+. The van der Waals surface area contributed by atoms with E-state index in [1.54, 1.807) is 12.1 Å². The summed E-state index contributed by atoms with van der Waals surface area (Å²) in [5.41, 5.74) is 4.56. The molecule has 1 heterocycles. The molecular formula is C35H33BrN2O4. The molecule has 5 aliphatic rings. The number of anilines is 1. The fraction of sp³-hybridized carbons (Fsp3) is 0.343. The maximum absolute atomic E-state index is 13.7. The van der Waals surface area contributed by atoms with E-state index in [0.29, 0.717) is 23.6 Å². The van der Waals surface area contributed by atoms with Crippen molar-refractivity contribution in [3.63, 3.8) is 0 Å². The highest BCUT2D eigenvalue weighted by molar-refractivity contribution is 9.10. The van der Waals surface area contributed by atoms with E-state index < -0.39 is 17.8 Å². The number of imide groups is 2. The zero-order chi connectivity index (χ0) is 29.0. The van der Waals surface area contributed by atoms with Crippen molar-refractivity contribution in [3.8, 4) is 5.75 Å². The Morgan fingerprint density at radius 3 is 2.29 bits per heavy atom. The van der Waals surface area contributed by atoms with Crippen molar-refractivity contribution >= 4 is 45.5 Å². The average molecular weight is 626 g/mol. The second kappa shape index (κ2) is 10.5. The topological polar surface area (TPSA) is 75.7 Å². The lowest BCUT2D eigenvalue weighted by Gasteiger charge is -2.57. The number of benzene rings is 3. The smallest absolute Gasteiger partial charge is 0.335 e. The molecule has 8 rings (SSSR count). The van der Waals surface area contributed by atoms with Crippen LogP contribution in [0.25, 0.3) is 6.08 Å². The Kier molecular flexibility index (Phi) is 6.81. The monoisotopic (exact) mass is 624 g/mol. The molecule has 4 bridgehead atoms. The number of ether oxygens (including phenoxy) is 1. The van der Waals surface area contributed by atoms with Gasteiger partial charge in [0, 0.05) is 10.0 Å². The third-order valence-corrected chi connectivity index (χ3v) is 10.1. The van der Waals surface area contributed by atoms with Gasteiger partial charge in [0.05, 0.1) is 5.69 Å². The van der Waals surface area contributed by atoms with Crippen molar-refractivity contribution in [1.29, 1.82) is 0 Å². The van der Waals surface area contributed by atoms with Gasteiger partial charge in [-0.1, -0.05) is 57.9 Å². The van der Waals surface area contributed by atoms with Crippen molar-refractivity contribution in [2.45, 2.75) is 57.5 Å². The number of aryl methyl sites for hydroxylation is 1. The molecule has 0 spiro atoms. The van der Waals surface area contributed by atoms with Gasteiger partial charge in [-0.05, 0) is 116 Å². The van der Waals surface area contributed by atoms with E-state index in [1.807, 2.05) is 49.4 Å². The van der Waals surface area contributed by atoms with E-state index in [2.05, 4.69) is 33.4 Å². The molecule has 0 atom stereocenters. The molecule has 4 amide bonds. The van der Waals surface area contributed by atoms with Gasteiger partial charge < -0.3 is 4.74 Å². The molecule has 0 aromatic heterocycles. The first-order valence-electron chi connectivity index (χ1n) is 14.8. The quantitative estimate of drug-likeness (QED) is 0.228. The number of nitrogens with one attached hydrogen (secondary N) is 1. The summed E-state index contributed by atoms with van der Waals surface area (Å²) >= 11 is 3.48. The van der Waals surface area contributed by atoms with Gasteiger partial charge >= 0.3 is 6.03 Å². The zero-order valence-corrected chi connectivity index (χ0v) is 25.2. The number of barbiturate groups is 1. The third-order valence-electron chi connectivity index (χ3n) is 9.63. The number of carbonyl (C=O) groups is 3. The summed E-state index contributed by atoms with van der Waals surface area (Å²) in [7, 11) is 0. The Labute approximate surface area is 254 Å². The molecule has 0 unspecified atom stereocenters. The molecule has 214 valence electrons. The number of carbonyl (C=O) groups excluding carboxylic acids is 3. The molecule has 3 aromatic rings. The fourth-order valence-corrected chi connectivity index (χ4v) is 8.58. The Balaban J connectivity index is 1.15. The third kappa shape index (κ3) is 4.98. The van der Waals surface area contributed by atoms with Crippen molar-refractivity contribution in [2.24, 2.45) is 17.8 Å². The highest BCUT2D eigenvalue weighted by atomic mass is 79.9. The second-order valence-electron chi connectivity index (χ2n) is 12.7. The van der Waals surface area contributed by atoms with Gasteiger partial charge in [0.15, 0.2) is 0 Å². The van der Waals surface area contributed by atoms with Crippen LogP contribution in [0.5, 0.6) is 5.75 Å². The van der Waals surface area contributed by atoms with Gasteiger partial charge in [0.2, 0.25) is 0 Å². The number of halogens is 1. The van der Waals surface area contributed by atoms with Crippen LogP contribution in [-0.4, -0.2) is 17.8 Å². The second-order valence-corrected chi connectivity index (χ2v) is 13.6. The molecule has 4 aliphatic carbocycles. The SMILES string of the molecule is Cc1cccc(COc2ccc(Br)cc2/C=C2\C(=O)NC(=O)N(c3ccc(C45CC6CC(CC(C6)C4)C5)cc3)C2=O)c1.